The van der Waals surface area contributed by atoms with Gasteiger partial charge in [-0.05, 0) is 19.4 Å². The molecule has 0 aliphatic carbocycles. The van der Waals surface area contributed by atoms with Gasteiger partial charge in [-0.15, -0.1) is 11.3 Å². The Morgan fingerprint density at radius 1 is 1.35 bits per heavy atom. The number of pyridine rings is 1. The van der Waals surface area contributed by atoms with Crippen LogP contribution in [0.4, 0.5) is 5.69 Å². The Hall–Kier alpha value is -1.62. The summed E-state index contributed by atoms with van der Waals surface area (Å²) in [6, 6.07) is 1.76. The molecule has 2 N–H and O–H groups in total. The molecule has 0 saturated carbocycles. The summed E-state index contributed by atoms with van der Waals surface area (Å²) in [6.45, 7) is 4.53. The Kier molecular flexibility index (Phi) is 3.58. The van der Waals surface area contributed by atoms with Gasteiger partial charge >= 0.3 is 0 Å². The standard InChI is InChI=1S/C12H15N3OS/c1-8-6-14-12(5-10(8)13)16-4-3-11-9(2)15-7-17-11/h5-7H,3-4H2,1-2H3,(H2,13,14). The summed E-state index contributed by atoms with van der Waals surface area (Å²) in [5, 5.41) is 0. The summed E-state index contributed by atoms with van der Waals surface area (Å²) in [6.07, 6.45) is 2.58. The fourth-order valence-corrected chi connectivity index (χ4v) is 2.17. The first-order chi connectivity index (χ1) is 8.16. The van der Waals surface area contributed by atoms with E-state index < -0.39 is 0 Å². The average Bonchev–Trinajstić information content (AvgIpc) is 2.70. The molecule has 0 saturated heterocycles. The molecule has 0 aromatic carbocycles. The van der Waals surface area contributed by atoms with E-state index in [4.69, 9.17) is 10.5 Å². The lowest BCUT2D eigenvalue weighted by atomic mass is 10.3. The lowest BCUT2D eigenvalue weighted by Crippen LogP contribution is -2.03. The first-order valence-corrected chi connectivity index (χ1v) is 6.28. The summed E-state index contributed by atoms with van der Waals surface area (Å²) in [4.78, 5) is 9.62. The third-order valence-corrected chi connectivity index (χ3v) is 3.54. The minimum atomic E-state index is 0.579. The van der Waals surface area contributed by atoms with Gasteiger partial charge in [-0.3, -0.25) is 0 Å². The predicted molar refractivity (Wildman–Crippen MR) is 69.4 cm³/mol. The molecule has 0 unspecified atom stereocenters. The molecule has 0 fully saturated rings. The largest absolute Gasteiger partial charge is 0.477 e. The number of nitrogen functional groups attached to an aromatic ring is 1. The lowest BCUT2D eigenvalue weighted by Gasteiger charge is -2.06. The van der Waals surface area contributed by atoms with Crippen LogP contribution in [-0.4, -0.2) is 16.6 Å². The number of thiazole rings is 1. The van der Waals surface area contributed by atoms with Crippen molar-refractivity contribution in [1.82, 2.24) is 9.97 Å². The van der Waals surface area contributed by atoms with E-state index in [0.717, 1.165) is 17.7 Å². The monoisotopic (exact) mass is 249 g/mol. The van der Waals surface area contributed by atoms with Gasteiger partial charge in [-0.25, -0.2) is 9.97 Å². The molecule has 4 nitrogen and oxygen atoms in total. The molecule has 0 spiro atoms. The Labute approximate surface area is 104 Å². The van der Waals surface area contributed by atoms with Crippen molar-refractivity contribution in [2.75, 3.05) is 12.3 Å². The van der Waals surface area contributed by atoms with Crippen LogP contribution in [-0.2, 0) is 6.42 Å². The van der Waals surface area contributed by atoms with Crippen molar-refractivity contribution in [1.29, 1.82) is 0 Å². The lowest BCUT2D eigenvalue weighted by molar-refractivity contribution is 0.310. The molecular formula is C12H15N3OS. The van der Waals surface area contributed by atoms with Crippen LogP contribution >= 0.6 is 11.3 Å². The van der Waals surface area contributed by atoms with Gasteiger partial charge in [0.25, 0.3) is 0 Å². The van der Waals surface area contributed by atoms with Crippen molar-refractivity contribution in [3.05, 3.63) is 33.9 Å². The van der Waals surface area contributed by atoms with Crippen molar-refractivity contribution in [3.8, 4) is 5.88 Å². The van der Waals surface area contributed by atoms with Crippen LogP contribution in [0.5, 0.6) is 5.88 Å². The highest BCUT2D eigenvalue weighted by Gasteiger charge is 2.03. The van der Waals surface area contributed by atoms with Crippen LogP contribution < -0.4 is 10.5 Å². The first kappa shape index (κ1) is 11.9. The average molecular weight is 249 g/mol. The summed E-state index contributed by atoms with van der Waals surface area (Å²) >= 11 is 1.65. The maximum Gasteiger partial charge on any atom is 0.215 e. The van der Waals surface area contributed by atoms with Crippen LogP contribution in [0.15, 0.2) is 17.8 Å². The number of rotatable bonds is 4. The van der Waals surface area contributed by atoms with Crippen LogP contribution in [0, 0.1) is 13.8 Å². The van der Waals surface area contributed by atoms with Gasteiger partial charge in [0, 0.05) is 29.2 Å². The normalized spacial score (nSPS) is 10.5. The number of aromatic nitrogens is 2. The number of aryl methyl sites for hydroxylation is 2. The van der Waals surface area contributed by atoms with E-state index in [0.29, 0.717) is 18.2 Å². The Balaban J connectivity index is 1.90. The summed E-state index contributed by atoms with van der Waals surface area (Å²) in [5.74, 6) is 0.579. The molecule has 90 valence electrons. The maximum atomic E-state index is 5.78. The fraction of sp³-hybridized carbons (Fsp3) is 0.333. The molecule has 2 aromatic heterocycles. The van der Waals surface area contributed by atoms with Gasteiger partial charge in [0.1, 0.15) is 0 Å². The Morgan fingerprint density at radius 3 is 2.82 bits per heavy atom. The number of nitrogens with two attached hydrogens (primary N) is 1. The zero-order valence-corrected chi connectivity index (χ0v) is 10.8. The summed E-state index contributed by atoms with van der Waals surface area (Å²) in [7, 11) is 0. The second kappa shape index (κ2) is 5.14. The van der Waals surface area contributed by atoms with E-state index >= 15 is 0 Å². The van der Waals surface area contributed by atoms with Gasteiger partial charge < -0.3 is 10.5 Å². The molecule has 0 atom stereocenters. The predicted octanol–water partition coefficient (Wildman–Crippen LogP) is 2.36. The van der Waals surface area contributed by atoms with Crippen LogP contribution in [0.2, 0.25) is 0 Å². The quantitative estimate of drug-likeness (QED) is 0.903. The van der Waals surface area contributed by atoms with Gasteiger partial charge in [-0.2, -0.15) is 0 Å². The SMILES string of the molecule is Cc1cnc(OCCc2scnc2C)cc1N. The van der Waals surface area contributed by atoms with Crippen molar-refractivity contribution in [2.45, 2.75) is 20.3 Å². The van der Waals surface area contributed by atoms with E-state index in [1.807, 2.05) is 19.4 Å². The third-order valence-electron chi connectivity index (χ3n) is 2.54. The highest BCUT2D eigenvalue weighted by atomic mass is 32.1. The molecule has 0 aliphatic heterocycles. The molecule has 17 heavy (non-hydrogen) atoms. The second-order valence-corrected chi connectivity index (χ2v) is 4.78. The number of nitrogens with zero attached hydrogens (tertiary/aromatic N) is 2. The van der Waals surface area contributed by atoms with Gasteiger partial charge in [0.15, 0.2) is 0 Å². The summed E-state index contributed by atoms with van der Waals surface area (Å²) < 4.78 is 5.56. The molecule has 2 aromatic rings. The second-order valence-electron chi connectivity index (χ2n) is 3.84. The van der Waals surface area contributed by atoms with Gasteiger partial charge in [0.05, 0.1) is 17.8 Å². The summed E-state index contributed by atoms with van der Waals surface area (Å²) in [5.41, 5.74) is 10.4. The Morgan fingerprint density at radius 2 is 2.18 bits per heavy atom. The number of anilines is 1. The van der Waals surface area contributed by atoms with Crippen LogP contribution in [0.1, 0.15) is 16.1 Å². The van der Waals surface area contributed by atoms with E-state index in [2.05, 4.69) is 9.97 Å². The molecule has 2 rings (SSSR count). The fourth-order valence-electron chi connectivity index (χ4n) is 1.41. The number of hydrogen-bond donors (Lipinski definition) is 1. The zero-order valence-electron chi connectivity index (χ0n) is 9.93. The van der Waals surface area contributed by atoms with Crippen molar-refractivity contribution >= 4 is 17.0 Å². The van der Waals surface area contributed by atoms with Crippen molar-refractivity contribution in [2.24, 2.45) is 0 Å². The minimum absolute atomic E-state index is 0.579. The highest BCUT2D eigenvalue weighted by molar-refractivity contribution is 7.09. The van der Waals surface area contributed by atoms with Crippen molar-refractivity contribution in [3.63, 3.8) is 0 Å². The smallest absolute Gasteiger partial charge is 0.215 e. The Bertz CT molecular complexity index is 510. The van der Waals surface area contributed by atoms with Crippen LogP contribution in [0.3, 0.4) is 0 Å². The van der Waals surface area contributed by atoms with E-state index in [1.54, 1.807) is 23.6 Å². The molecule has 2 heterocycles. The molecular weight excluding hydrogens is 234 g/mol. The highest BCUT2D eigenvalue weighted by Crippen LogP contribution is 2.17. The molecule has 0 bridgehead atoms. The number of ether oxygens (including phenoxy) is 1. The van der Waals surface area contributed by atoms with Crippen molar-refractivity contribution < 1.29 is 4.74 Å². The van der Waals surface area contributed by atoms with E-state index in [-0.39, 0.29) is 0 Å². The molecule has 0 amide bonds. The minimum Gasteiger partial charge on any atom is -0.477 e. The van der Waals surface area contributed by atoms with Gasteiger partial charge in [-0.1, -0.05) is 0 Å². The van der Waals surface area contributed by atoms with Gasteiger partial charge in [0.2, 0.25) is 5.88 Å². The zero-order chi connectivity index (χ0) is 12.3. The molecule has 0 radical (unpaired) electrons. The van der Waals surface area contributed by atoms with Crippen LogP contribution in [0.25, 0.3) is 0 Å². The van der Waals surface area contributed by atoms with E-state index in [9.17, 15) is 0 Å². The molecule has 5 heteroatoms. The van der Waals surface area contributed by atoms with E-state index in [1.165, 1.54) is 4.88 Å². The third kappa shape index (κ3) is 2.94. The molecule has 0 aliphatic rings. The first-order valence-electron chi connectivity index (χ1n) is 5.40. The maximum absolute atomic E-state index is 5.78. The number of hydrogen-bond acceptors (Lipinski definition) is 5. The topological polar surface area (TPSA) is 61.0 Å².